The molecule has 0 bridgehead atoms. The summed E-state index contributed by atoms with van der Waals surface area (Å²) < 4.78 is 27.9. The molecule has 8 heteroatoms. The van der Waals surface area contributed by atoms with Gasteiger partial charge in [0.05, 0.1) is 5.69 Å². The van der Waals surface area contributed by atoms with E-state index in [-0.39, 0.29) is 10.9 Å². The molecule has 1 fully saturated rings. The van der Waals surface area contributed by atoms with Crippen molar-refractivity contribution in [3.8, 4) is 0 Å². The van der Waals surface area contributed by atoms with Crippen LogP contribution >= 0.6 is 11.6 Å². The second-order valence-electron chi connectivity index (χ2n) is 6.57. The van der Waals surface area contributed by atoms with E-state index in [0.717, 1.165) is 31.9 Å². The molecule has 2 heterocycles. The van der Waals surface area contributed by atoms with E-state index in [4.69, 9.17) is 11.6 Å². The average Bonchev–Trinajstić information content (AvgIpc) is 2.61. The number of anilines is 2. The van der Waals surface area contributed by atoms with Crippen LogP contribution < -0.4 is 14.5 Å². The van der Waals surface area contributed by atoms with Crippen molar-refractivity contribution in [3.63, 3.8) is 0 Å². The molecule has 6 nitrogen and oxygen atoms in total. The van der Waals surface area contributed by atoms with Crippen LogP contribution in [0.5, 0.6) is 0 Å². The number of rotatable bonds is 5. The van der Waals surface area contributed by atoms with Crippen LogP contribution in [0.3, 0.4) is 0 Å². The molecule has 1 aromatic heterocycles. The van der Waals surface area contributed by atoms with Crippen LogP contribution in [0.2, 0.25) is 5.02 Å². The van der Waals surface area contributed by atoms with E-state index in [1.165, 1.54) is 6.20 Å². The lowest BCUT2D eigenvalue weighted by Crippen LogP contribution is -2.47. The maximum Gasteiger partial charge on any atom is 0.244 e. The molecule has 0 amide bonds. The van der Waals surface area contributed by atoms with Gasteiger partial charge in [0.2, 0.25) is 10.0 Å². The SMILES string of the molecule is CC(C)NS(=O)(=O)c1cnccc1N1CCN(c2cccc(Cl)c2)CC1. The number of hydrogen-bond acceptors (Lipinski definition) is 5. The van der Waals surface area contributed by atoms with Crippen molar-refractivity contribution < 1.29 is 8.42 Å². The smallest absolute Gasteiger partial charge is 0.244 e. The summed E-state index contributed by atoms with van der Waals surface area (Å²) in [5.41, 5.74) is 1.78. The van der Waals surface area contributed by atoms with Gasteiger partial charge >= 0.3 is 0 Å². The molecule has 1 N–H and O–H groups in total. The molecular weight excluding hydrogens is 372 g/mol. The van der Waals surface area contributed by atoms with Crippen molar-refractivity contribution in [2.75, 3.05) is 36.0 Å². The van der Waals surface area contributed by atoms with Crippen molar-refractivity contribution >= 4 is 33.0 Å². The minimum absolute atomic E-state index is 0.173. The third-order valence-corrected chi connectivity index (χ3v) is 6.15. The predicted molar refractivity (Wildman–Crippen MR) is 106 cm³/mol. The number of halogens is 1. The molecule has 140 valence electrons. The second kappa shape index (κ2) is 7.82. The van der Waals surface area contributed by atoms with Crippen molar-refractivity contribution in [1.82, 2.24) is 9.71 Å². The predicted octanol–water partition coefficient (Wildman–Crippen LogP) is 2.75. The maximum atomic E-state index is 12.6. The summed E-state index contributed by atoms with van der Waals surface area (Å²) >= 11 is 6.08. The van der Waals surface area contributed by atoms with Gasteiger partial charge in [0, 0.05) is 55.3 Å². The molecule has 0 spiro atoms. The number of nitrogens with one attached hydrogen (secondary N) is 1. The molecule has 1 saturated heterocycles. The molecule has 0 atom stereocenters. The van der Waals surface area contributed by atoms with E-state index in [0.29, 0.717) is 10.7 Å². The first-order valence-electron chi connectivity index (χ1n) is 8.58. The average molecular weight is 395 g/mol. The summed E-state index contributed by atoms with van der Waals surface area (Å²) in [5.74, 6) is 0. The van der Waals surface area contributed by atoms with Crippen molar-refractivity contribution in [1.29, 1.82) is 0 Å². The Labute approximate surface area is 159 Å². The lowest BCUT2D eigenvalue weighted by Gasteiger charge is -2.38. The van der Waals surface area contributed by atoms with E-state index < -0.39 is 10.0 Å². The van der Waals surface area contributed by atoms with Crippen LogP contribution in [0.25, 0.3) is 0 Å². The van der Waals surface area contributed by atoms with Crippen LogP contribution in [0.15, 0.2) is 47.6 Å². The molecule has 2 aromatic rings. The van der Waals surface area contributed by atoms with Crippen LogP contribution in [0, 0.1) is 0 Å². The van der Waals surface area contributed by atoms with E-state index in [2.05, 4.69) is 19.5 Å². The lowest BCUT2D eigenvalue weighted by molar-refractivity contribution is 0.568. The van der Waals surface area contributed by atoms with Gasteiger partial charge in [0.25, 0.3) is 0 Å². The topological polar surface area (TPSA) is 65.5 Å². The highest BCUT2D eigenvalue weighted by Gasteiger charge is 2.25. The first-order chi connectivity index (χ1) is 12.4. The second-order valence-corrected chi connectivity index (χ2v) is 8.69. The van der Waals surface area contributed by atoms with Gasteiger partial charge in [-0.2, -0.15) is 0 Å². The number of sulfonamides is 1. The third kappa shape index (κ3) is 4.28. The molecule has 0 saturated carbocycles. The summed E-state index contributed by atoms with van der Waals surface area (Å²) in [6.45, 7) is 6.63. The highest BCUT2D eigenvalue weighted by atomic mass is 35.5. The Balaban J connectivity index is 1.78. The Morgan fingerprint density at radius 1 is 1.12 bits per heavy atom. The lowest BCUT2D eigenvalue weighted by atomic mass is 10.2. The Hall–Kier alpha value is -1.83. The summed E-state index contributed by atoms with van der Waals surface area (Å²) in [7, 11) is -3.60. The minimum atomic E-state index is -3.60. The summed E-state index contributed by atoms with van der Waals surface area (Å²) in [6.07, 6.45) is 3.05. The molecule has 0 aliphatic carbocycles. The fraction of sp³-hybridized carbons (Fsp3) is 0.389. The maximum absolute atomic E-state index is 12.6. The van der Waals surface area contributed by atoms with Crippen LogP contribution in [0.4, 0.5) is 11.4 Å². The summed E-state index contributed by atoms with van der Waals surface area (Å²) in [5, 5.41) is 0.715. The van der Waals surface area contributed by atoms with Gasteiger partial charge in [-0.15, -0.1) is 0 Å². The molecule has 1 aromatic carbocycles. The highest BCUT2D eigenvalue weighted by Crippen LogP contribution is 2.27. The standard InChI is InChI=1S/C18H23ClN4O2S/c1-14(2)21-26(24,25)18-13-20-7-6-17(18)23-10-8-22(9-11-23)16-5-3-4-15(19)12-16/h3-7,12-14,21H,8-11H2,1-2H3. The molecule has 0 unspecified atom stereocenters. The van der Waals surface area contributed by atoms with Crippen LogP contribution in [-0.2, 0) is 10.0 Å². The quantitative estimate of drug-likeness (QED) is 0.844. The number of hydrogen-bond donors (Lipinski definition) is 1. The minimum Gasteiger partial charge on any atom is -0.368 e. The van der Waals surface area contributed by atoms with Gasteiger partial charge in [-0.3, -0.25) is 4.98 Å². The zero-order valence-electron chi connectivity index (χ0n) is 14.9. The monoisotopic (exact) mass is 394 g/mol. The van der Waals surface area contributed by atoms with Gasteiger partial charge in [0.15, 0.2) is 0 Å². The van der Waals surface area contributed by atoms with Crippen LogP contribution in [0.1, 0.15) is 13.8 Å². The number of aromatic nitrogens is 1. The van der Waals surface area contributed by atoms with Crippen LogP contribution in [-0.4, -0.2) is 45.6 Å². The third-order valence-electron chi connectivity index (χ3n) is 4.24. The van der Waals surface area contributed by atoms with E-state index >= 15 is 0 Å². The van der Waals surface area contributed by atoms with Gasteiger partial charge in [-0.25, -0.2) is 13.1 Å². The van der Waals surface area contributed by atoms with E-state index in [1.54, 1.807) is 26.1 Å². The van der Waals surface area contributed by atoms with E-state index in [1.807, 2.05) is 24.3 Å². The van der Waals surface area contributed by atoms with Crippen molar-refractivity contribution in [2.45, 2.75) is 24.8 Å². The highest BCUT2D eigenvalue weighted by molar-refractivity contribution is 7.89. The van der Waals surface area contributed by atoms with Gasteiger partial charge in [-0.1, -0.05) is 17.7 Å². The van der Waals surface area contributed by atoms with E-state index in [9.17, 15) is 8.42 Å². The molecule has 1 aliphatic rings. The van der Waals surface area contributed by atoms with Gasteiger partial charge in [-0.05, 0) is 38.1 Å². The number of nitrogens with zero attached hydrogens (tertiary/aromatic N) is 3. The van der Waals surface area contributed by atoms with Crippen molar-refractivity contribution in [2.24, 2.45) is 0 Å². The largest absolute Gasteiger partial charge is 0.368 e. The fourth-order valence-corrected chi connectivity index (χ4v) is 4.70. The Bertz CT molecular complexity index is 865. The Kier molecular flexibility index (Phi) is 5.70. The molecular formula is C18H23ClN4O2S. The fourth-order valence-electron chi connectivity index (χ4n) is 3.09. The Morgan fingerprint density at radius 2 is 1.81 bits per heavy atom. The summed E-state index contributed by atoms with van der Waals surface area (Å²) in [6, 6.07) is 9.38. The number of pyridine rings is 1. The zero-order chi connectivity index (χ0) is 18.7. The Morgan fingerprint density at radius 3 is 2.46 bits per heavy atom. The molecule has 3 rings (SSSR count). The van der Waals surface area contributed by atoms with Gasteiger partial charge in [0.1, 0.15) is 4.90 Å². The number of benzene rings is 1. The number of piperazine rings is 1. The first kappa shape index (κ1) is 18.9. The molecule has 0 radical (unpaired) electrons. The normalized spacial score (nSPS) is 15.5. The molecule has 1 aliphatic heterocycles. The zero-order valence-corrected chi connectivity index (χ0v) is 16.5. The first-order valence-corrected chi connectivity index (χ1v) is 10.4. The van der Waals surface area contributed by atoms with Crippen molar-refractivity contribution in [3.05, 3.63) is 47.7 Å². The summed E-state index contributed by atoms with van der Waals surface area (Å²) in [4.78, 5) is 8.59. The van der Waals surface area contributed by atoms with Gasteiger partial charge < -0.3 is 9.80 Å². The molecule has 26 heavy (non-hydrogen) atoms.